The summed E-state index contributed by atoms with van der Waals surface area (Å²) < 4.78 is 39.1. The minimum Gasteiger partial charge on any atom is -0.328 e. The second-order valence-electron chi connectivity index (χ2n) is 6.02. The number of alkyl halides is 3. The van der Waals surface area contributed by atoms with Crippen LogP contribution in [0.4, 0.5) is 24.7 Å². The molecule has 0 aliphatic heterocycles. The average molecular weight is 447 g/mol. The molecule has 0 unspecified atom stereocenters. The monoisotopic (exact) mass is 445 g/mol. The number of rotatable bonds is 4. The lowest BCUT2D eigenvalue weighted by Gasteiger charge is -2.21. The van der Waals surface area contributed by atoms with Crippen LogP contribution in [0.5, 0.6) is 0 Å². The first-order valence-electron chi connectivity index (χ1n) is 8.00. The molecular weight excluding hydrogens is 434 g/mol. The third-order valence-electron chi connectivity index (χ3n) is 4.06. The molecule has 0 N–H and O–H groups in total. The zero-order valence-corrected chi connectivity index (χ0v) is 16.7. The Morgan fingerprint density at radius 3 is 2.29 bits per heavy atom. The molecule has 0 aliphatic rings. The number of hydrogen-bond acceptors (Lipinski definition) is 3. The summed E-state index contributed by atoms with van der Waals surface area (Å²) in [7, 11) is 1.59. The fraction of sp³-hybridized carbons (Fsp3) is 0.158. The van der Waals surface area contributed by atoms with E-state index in [0.29, 0.717) is 28.0 Å². The highest BCUT2D eigenvalue weighted by Gasteiger charge is 2.31. The molecule has 0 aliphatic carbocycles. The number of halogens is 6. The highest BCUT2D eigenvalue weighted by Crippen LogP contribution is 2.37. The molecule has 0 saturated carbocycles. The van der Waals surface area contributed by atoms with Crippen LogP contribution in [0.1, 0.15) is 16.8 Å². The normalized spacial score (nSPS) is 11.5. The molecule has 3 aromatic rings. The van der Waals surface area contributed by atoms with Gasteiger partial charge in [0.05, 0.1) is 32.0 Å². The lowest BCUT2D eigenvalue weighted by atomic mass is 10.1. The molecule has 9 heteroatoms. The van der Waals surface area contributed by atoms with Crippen LogP contribution in [0, 0.1) is 0 Å². The summed E-state index contributed by atoms with van der Waals surface area (Å²) in [5.41, 5.74) is 0.955. The average Bonchev–Trinajstić information content (AvgIpc) is 2.64. The summed E-state index contributed by atoms with van der Waals surface area (Å²) in [4.78, 5) is 9.85. The fourth-order valence-corrected chi connectivity index (χ4v) is 3.16. The summed E-state index contributed by atoms with van der Waals surface area (Å²) in [6.45, 7) is 0. The minimum absolute atomic E-state index is 0.181. The van der Waals surface area contributed by atoms with Crippen molar-refractivity contribution in [2.24, 2.45) is 0 Å². The van der Waals surface area contributed by atoms with Crippen LogP contribution < -0.4 is 4.90 Å². The van der Waals surface area contributed by atoms with Crippen molar-refractivity contribution in [1.82, 2.24) is 9.97 Å². The summed E-state index contributed by atoms with van der Waals surface area (Å²) in [6.07, 6.45) is -2.67. The van der Waals surface area contributed by atoms with Gasteiger partial charge < -0.3 is 4.90 Å². The predicted octanol–water partition coefficient (Wildman–Crippen LogP) is 6.81. The first kappa shape index (κ1) is 20.7. The van der Waals surface area contributed by atoms with Gasteiger partial charge in [0.25, 0.3) is 0 Å². The molecule has 0 atom stereocenters. The fourth-order valence-electron chi connectivity index (χ4n) is 2.59. The Morgan fingerprint density at radius 1 is 0.893 bits per heavy atom. The van der Waals surface area contributed by atoms with Crippen LogP contribution in [-0.4, -0.2) is 17.0 Å². The molecule has 1 heterocycles. The van der Waals surface area contributed by atoms with Gasteiger partial charge in [-0.15, -0.1) is 0 Å². The van der Waals surface area contributed by atoms with Gasteiger partial charge in [-0.05, 0) is 35.9 Å². The van der Waals surface area contributed by atoms with E-state index in [1.54, 1.807) is 25.2 Å². The standard InChI is InChI=1S/C19H13Cl3F3N3/c1-28(17-8-12(19(23,24)25)3-5-15(17)21)18-9-13(26-10-27-18)6-11-2-4-14(20)16(22)7-11/h2-5,7-10H,6H2,1H3. The Bertz CT molecular complexity index is 1010. The van der Waals surface area contributed by atoms with E-state index in [1.165, 1.54) is 17.3 Å². The van der Waals surface area contributed by atoms with Crippen molar-refractivity contribution in [1.29, 1.82) is 0 Å². The summed E-state index contributed by atoms with van der Waals surface area (Å²) in [5.74, 6) is 0.409. The second kappa shape index (κ2) is 8.15. The highest BCUT2D eigenvalue weighted by atomic mass is 35.5. The molecule has 2 aromatic carbocycles. The Labute approximate surface area is 174 Å². The van der Waals surface area contributed by atoms with E-state index in [0.717, 1.165) is 17.7 Å². The van der Waals surface area contributed by atoms with Crippen LogP contribution in [0.25, 0.3) is 0 Å². The van der Waals surface area contributed by atoms with Crippen molar-refractivity contribution in [3.05, 3.63) is 80.7 Å². The molecule has 0 spiro atoms. The maximum atomic E-state index is 13.0. The first-order chi connectivity index (χ1) is 13.1. The van der Waals surface area contributed by atoms with Crippen molar-refractivity contribution < 1.29 is 13.2 Å². The van der Waals surface area contributed by atoms with Crippen LogP contribution >= 0.6 is 34.8 Å². The minimum atomic E-state index is -4.47. The van der Waals surface area contributed by atoms with Crippen LogP contribution in [-0.2, 0) is 12.6 Å². The number of anilines is 2. The smallest absolute Gasteiger partial charge is 0.328 e. The Balaban J connectivity index is 1.90. The second-order valence-corrected chi connectivity index (χ2v) is 7.24. The van der Waals surface area contributed by atoms with Gasteiger partial charge in [-0.1, -0.05) is 40.9 Å². The van der Waals surface area contributed by atoms with E-state index in [2.05, 4.69) is 9.97 Å². The van der Waals surface area contributed by atoms with E-state index in [9.17, 15) is 13.2 Å². The van der Waals surface area contributed by atoms with Crippen molar-refractivity contribution in [2.75, 3.05) is 11.9 Å². The van der Waals surface area contributed by atoms with Gasteiger partial charge in [-0.25, -0.2) is 9.97 Å². The van der Waals surface area contributed by atoms with Crippen molar-refractivity contribution in [3.63, 3.8) is 0 Å². The lowest BCUT2D eigenvalue weighted by Crippen LogP contribution is -2.14. The number of aromatic nitrogens is 2. The zero-order valence-electron chi connectivity index (χ0n) is 14.4. The van der Waals surface area contributed by atoms with Gasteiger partial charge in [-0.2, -0.15) is 13.2 Å². The maximum absolute atomic E-state index is 13.0. The van der Waals surface area contributed by atoms with Gasteiger partial charge in [0.1, 0.15) is 12.1 Å². The van der Waals surface area contributed by atoms with Gasteiger partial charge in [-0.3, -0.25) is 0 Å². The predicted molar refractivity (Wildman–Crippen MR) is 106 cm³/mol. The summed E-state index contributed by atoms with van der Waals surface area (Å²) >= 11 is 18.1. The van der Waals surface area contributed by atoms with Crippen molar-refractivity contribution in [3.8, 4) is 0 Å². The van der Waals surface area contributed by atoms with E-state index >= 15 is 0 Å². The molecule has 0 amide bonds. The Morgan fingerprint density at radius 2 is 1.61 bits per heavy atom. The number of hydrogen-bond donors (Lipinski definition) is 0. The molecule has 1 aromatic heterocycles. The largest absolute Gasteiger partial charge is 0.416 e. The topological polar surface area (TPSA) is 29.0 Å². The van der Waals surface area contributed by atoms with Crippen LogP contribution in [0.2, 0.25) is 15.1 Å². The maximum Gasteiger partial charge on any atom is 0.416 e. The molecule has 0 bridgehead atoms. The van der Waals surface area contributed by atoms with Gasteiger partial charge in [0.2, 0.25) is 0 Å². The van der Waals surface area contributed by atoms with Crippen molar-refractivity contribution in [2.45, 2.75) is 12.6 Å². The Hall–Kier alpha value is -2.02. The van der Waals surface area contributed by atoms with E-state index in [1.807, 2.05) is 6.07 Å². The van der Waals surface area contributed by atoms with E-state index in [4.69, 9.17) is 34.8 Å². The van der Waals surface area contributed by atoms with E-state index in [-0.39, 0.29) is 10.7 Å². The third kappa shape index (κ3) is 4.69. The number of nitrogens with zero attached hydrogens (tertiary/aromatic N) is 3. The highest BCUT2D eigenvalue weighted by molar-refractivity contribution is 6.42. The molecule has 0 saturated heterocycles. The summed E-state index contributed by atoms with van der Waals surface area (Å²) in [6, 6.07) is 10.1. The Kier molecular flexibility index (Phi) is 6.03. The quantitative estimate of drug-likeness (QED) is 0.440. The van der Waals surface area contributed by atoms with Gasteiger partial charge in [0, 0.05) is 19.5 Å². The molecule has 0 radical (unpaired) electrons. The van der Waals surface area contributed by atoms with Crippen LogP contribution in [0.3, 0.4) is 0 Å². The third-order valence-corrected chi connectivity index (χ3v) is 5.12. The molecule has 28 heavy (non-hydrogen) atoms. The zero-order chi connectivity index (χ0) is 20.5. The number of benzene rings is 2. The molecular formula is C19H13Cl3F3N3. The first-order valence-corrected chi connectivity index (χ1v) is 9.14. The van der Waals surface area contributed by atoms with E-state index < -0.39 is 11.7 Å². The lowest BCUT2D eigenvalue weighted by molar-refractivity contribution is -0.137. The molecule has 0 fully saturated rings. The molecule has 3 rings (SSSR count). The van der Waals surface area contributed by atoms with Gasteiger partial charge >= 0.3 is 6.18 Å². The van der Waals surface area contributed by atoms with Crippen molar-refractivity contribution >= 4 is 46.3 Å². The summed E-state index contributed by atoms with van der Waals surface area (Å²) in [5, 5.41) is 1.06. The molecule has 146 valence electrons. The van der Waals surface area contributed by atoms with Crippen LogP contribution in [0.15, 0.2) is 48.8 Å². The SMILES string of the molecule is CN(c1cc(Cc2ccc(Cl)c(Cl)c2)ncn1)c1cc(C(F)(F)F)ccc1Cl. The van der Waals surface area contributed by atoms with Gasteiger partial charge in [0.15, 0.2) is 0 Å². The molecule has 3 nitrogen and oxygen atoms in total.